The van der Waals surface area contributed by atoms with Crippen LogP contribution in [-0.2, 0) is 25.9 Å². The Labute approximate surface area is 180 Å². The first-order chi connectivity index (χ1) is 14.6. The highest BCUT2D eigenvalue weighted by Crippen LogP contribution is 2.23. The zero-order valence-corrected chi connectivity index (χ0v) is 18.1. The Morgan fingerprint density at radius 3 is 2.61 bits per heavy atom. The third-order valence-electron chi connectivity index (χ3n) is 4.18. The maximum Gasteiger partial charge on any atom is 0.326 e. The molecular weight excluding hydrogens is 446 g/mol. The van der Waals surface area contributed by atoms with Gasteiger partial charge in [0.25, 0.3) is 11.6 Å². The number of nitro groups is 1. The lowest BCUT2D eigenvalue weighted by molar-refractivity contribution is -0.384. The highest BCUT2D eigenvalue weighted by molar-refractivity contribution is 7.90. The number of nitro benzene ring substituents is 1. The summed E-state index contributed by atoms with van der Waals surface area (Å²) < 4.78 is 30.4. The number of hydrogen-bond donors (Lipinski definition) is 0. The molecule has 162 valence electrons. The molecule has 0 unspecified atom stereocenters. The summed E-state index contributed by atoms with van der Waals surface area (Å²) in [6, 6.07) is 9.53. The maximum absolute atomic E-state index is 12.7. The molecule has 1 amide bonds. The van der Waals surface area contributed by atoms with Crippen LogP contribution in [0.5, 0.6) is 0 Å². The maximum atomic E-state index is 12.7. The predicted octanol–water partition coefficient (Wildman–Crippen LogP) is 2.32. The molecule has 0 spiro atoms. The summed E-state index contributed by atoms with van der Waals surface area (Å²) in [4.78, 5) is 39.4. The Morgan fingerprint density at radius 1 is 1.23 bits per heavy atom. The van der Waals surface area contributed by atoms with Gasteiger partial charge in [0.1, 0.15) is 6.54 Å². The summed E-state index contributed by atoms with van der Waals surface area (Å²) in [5.41, 5.74) is 0.380. The third kappa shape index (κ3) is 5.03. The first-order valence-corrected chi connectivity index (χ1v) is 11.6. The van der Waals surface area contributed by atoms with Crippen LogP contribution in [0.25, 0.3) is 10.2 Å². The van der Waals surface area contributed by atoms with Gasteiger partial charge in [-0.05, 0) is 31.2 Å². The number of benzene rings is 2. The number of hydrogen-bond acceptors (Lipinski definition) is 8. The molecule has 0 atom stereocenters. The van der Waals surface area contributed by atoms with E-state index in [0.29, 0.717) is 10.2 Å². The summed E-state index contributed by atoms with van der Waals surface area (Å²) in [7, 11) is -3.52. The van der Waals surface area contributed by atoms with Crippen LogP contribution in [0.2, 0.25) is 0 Å². The van der Waals surface area contributed by atoms with E-state index in [4.69, 9.17) is 4.74 Å². The van der Waals surface area contributed by atoms with Crippen LogP contribution in [0, 0.1) is 10.1 Å². The van der Waals surface area contributed by atoms with Crippen LogP contribution in [0.3, 0.4) is 0 Å². The van der Waals surface area contributed by atoms with Gasteiger partial charge in [0.15, 0.2) is 14.6 Å². The van der Waals surface area contributed by atoms with Crippen molar-refractivity contribution in [1.29, 1.82) is 0 Å². The van der Waals surface area contributed by atoms with E-state index in [9.17, 15) is 28.1 Å². The van der Waals surface area contributed by atoms with E-state index < -0.39 is 26.6 Å². The lowest BCUT2D eigenvalue weighted by Gasteiger charge is -2.05. The van der Waals surface area contributed by atoms with Gasteiger partial charge in [-0.3, -0.25) is 19.7 Å². The van der Waals surface area contributed by atoms with Crippen molar-refractivity contribution in [1.82, 2.24) is 4.57 Å². The van der Waals surface area contributed by atoms with Crippen molar-refractivity contribution in [3.8, 4) is 0 Å². The van der Waals surface area contributed by atoms with Crippen molar-refractivity contribution in [2.45, 2.75) is 18.4 Å². The Kier molecular flexibility index (Phi) is 6.32. The number of carbonyl (C=O) groups is 2. The van der Waals surface area contributed by atoms with Crippen molar-refractivity contribution >= 4 is 49.0 Å². The Morgan fingerprint density at radius 2 is 1.97 bits per heavy atom. The van der Waals surface area contributed by atoms with E-state index in [1.54, 1.807) is 6.92 Å². The van der Waals surface area contributed by atoms with Crippen molar-refractivity contribution in [3.05, 3.63) is 62.9 Å². The van der Waals surface area contributed by atoms with E-state index in [0.717, 1.165) is 17.6 Å². The molecule has 10 nitrogen and oxygen atoms in total. The molecule has 0 bridgehead atoms. The minimum atomic E-state index is -3.52. The highest BCUT2D eigenvalue weighted by atomic mass is 32.2. The molecular formula is C19H17N3O7S2. The van der Waals surface area contributed by atoms with Crippen molar-refractivity contribution in [3.63, 3.8) is 0 Å². The monoisotopic (exact) mass is 463 g/mol. The Hall–Kier alpha value is -3.38. The van der Waals surface area contributed by atoms with Crippen molar-refractivity contribution in [2.24, 2.45) is 4.99 Å². The van der Waals surface area contributed by atoms with Gasteiger partial charge in [-0.15, -0.1) is 0 Å². The van der Waals surface area contributed by atoms with E-state index in [1.807, 2.05) is 0 Å². The number of rotatable bonds is 6. The van der Waals surface area contributed by atoms with Crippen LogP contribution in [0.4, 0.5) is 5.69 Å². The number of fused-ring (bicyclic) bond motifs is 1. The second-order valence-corrected chi connectivity index (χ2v) is 9.43. The molecule has 3 aromatic rings. The molecule has 0 radical (unpaired) electrons. The number of nitrogens with zero attached hydrogens (tertiary/aromatic N) is 3. The molecule has 1 heterocycles. The fourth-order valence-electron chi connectivity index (χ4n) is 2.76. The van der Waals surface area contributed by atoms with E-state index in [-0.39, 0.29) is 34.1 Å². The first kappa shape index (κ1) is 22.3. The predicted molar refractivity (Wildman–Crippen MR) is 113 cm³/mol. The molecule has 31 heavy (non-hydrogen) atoms. The number of non-ortho nitro benzene ring substituents is 1. The zero-order chi connectivity index (χ0) is 22.8. The molecule has 2 aromatic carbocycles. The number of ether oxygens (including phenoxy) is 1. The van der Waals surface area contributed by atoms with Gasteiger partial charge in [-0.1, -0.05) is 17.4 Å². The van der Waals surface area contributed by atoms with Gasteiger partial charge in [0.05, 0.1) is 26.6 Å². The number of thiazole rings is 1. The van der Waals surface area contributed by atoms with Crippen LogP contribution in [-0.4, -0.2) is 42.6 Å². The van der Waals surface area contributed by atoms with Gasteiger partial charge in [0, 0.05) is 24.0 Å². The van der Waals surface area contributed by atoms with Gasteiger partial charge in [0.2, 0.25) is 0 Å². The summed E-state index contributed by atoms with van der Waals surface area (Å²) in [5.74, 6) is -1.28. The fourth-order valence-corrected chi connectivity index (χ4v) is 4.49. The molecule has 0 fully saturated rings. The molecule has 12 heteroatoms. The smallest absolute Gasteiger partial charge is 0.326 e. The zero-order valence-electron chi connectivity index (χ0n) is 16.5. The molecule has 0 aliphatic carbocycles. The fraction of sp³-hybridized carbons (Fsp3) is 0.211. The average Bonchev–Trinajstić information content (AvgIpc) is 3.03. The number of amides is 1. The molecule has 0 N–H and O–H groups in total. The van der Waals surface area contributed by atoms with Crippen LogP contribution < -0.4 is 4.80 Å². The standard InChI is InChI=1S/C19H17N3O7S2/c1-3-29-17(23)11-21-15-8-7-13(22(25)26)10-16(15)30-19(21)20-18(24)12-5-4-6-14(9-12)31(2,27)28/h4-10H,3,11H2,1-2H3. The Bertz CT molecular complexity index is 1370. The summed E-state index contributed by atoms with van der Waals surface area (Å²) in [6.07, 6.45) is 1.03. The van der Waals surface area contributed by atoms with E-state index in [2.05, 4.69) is 4.99 Å². The van der Waals surface area contributed by atoms with Gasteiger partial charge >= 0.3 is 5.97 Å². The number of sulfone groups is 1. The summed E-state index contributed by atoms with van der Waals surface area (Å²) >= 11 is 0.993. The quantitative estimate of drug-likeness (QED) is 0.311. The first-order valence-electron chi connectivity index (χ1n) is 8.92. The van der Waals surface area contributed by atoms with Crippen LogP contribution in [0.15, 0.2) is 52.4 Å². The van der Waals surface area contributed by atoms with Crippen LogP contribution in [0.1, 0.15) is 17.3 Å². The Balaban J connectivity index is 2.15. The largest absolute Gasteiger partial charge is 0.465 e. The average molecular weight is 463 g/mol. The van der Waals surface area contributed by atoms with Crippen molar-refractivity contribution in [2.75, 3.05) is 12.9 Å². The molecule has 0 saturated heterocycles. The molecule has 0 saturated carbocycles. The lowest BCUT2D eigenvalue weighted by Crippen LogP contribution is -2.23. The second kappa shape index (κ2) is 8.78. The van der Waals surface area contributed by atoms with Gasteiger partial charge in [-0.25, -0.2) is 8.42 Å². The molecule has 1 aromatic heterocycles. The van der Waals surface area contributed by atoms with Gasteiger partial charge in [-0.2, -0.15) is 4.99 Å². The van der Waals surface area contributed by atoms with E-state index in [1.165, 1.54) is 47.0 Å². The topological polar surface area (TPSA) is 138 Å². The summed E-state index contributed by atoms with van der Waals surface area (Å²) in [6.45, 7) is 1.57. The normalized spacial score (nSPS) is 12.1. The van der Waals surface area contributed by atoms with E-state index >= 15 is 0 Å². The molecule has 0 aliphatic rings. The number of esters is 1. The molecule has 3 rings (SSSR count). The minimum absolute atomic E-state index is 0.0279. The van der Waals surface area contributed by atoms with Crippen LogP contribution >= 0.6 is 11.3 Å². The molecule has 0 aliphatic heterocycles. The summed E-state index contributed by atoms with van der Waals surface area (Å²) in [5, 5.41) is 11.1. The van der Waals surface area contributed by atoms with Crippen molar-refractivity contribution < 1.29 is 27.7 Å². The minimum Gasteiger partial charge on any atom is -0.465 e. The second-order valence-electron chi connectivity index (χ2n) is 6.40. The number of aromatic nitrogens is 1. The highest BCUT2D eigenvalue weighted by Gasteiger charge is 2.16. The lowest BCUT2D eigenvalue weighted by atomic mass is 10.2. The third-order valence-corrected chi connectivity index (χ3v) is 6.33. The van der Waals surface area contributed by atoms with Gasteiger partial charge < -0.3 is 9.30 Å². The number of carbonyl (C=O) groups excluding carboxylic acids is 2. The SMILES string of the molecule is CCOC(=O)Cn1c(=NC(=O)c2cccc(S(C)(=O)=O)c2)sc2cc([N+](=O)[O-])ccc21.